The maximum Gasteiger partial charge on any atom is 0.283 e. The third-order valence-electron chi connectivity index (χ3n) is 3.06. The topological polar surface area (TPSA) is 72.7 Å². The van der Waals surface area contributed by atoms with Crippen LogP contribution in [0.5, 0.6) is 0 Å². The Kier molecular flexibility index (Phi) is 3.97. The number of hydrogen-bond donors (Lipinski definition) is 1. The summed E-state index contributed by atoms with van der Waals surface area (Å²) in [4.78, 5) is 16.5. The Morgan fingerprint density at radius 1 is 1.33 bits per heavy atom. The molecule has 1 N–H and O–H groups in total. The van der Waals surface area contributed by atoms with Crippen molar-refractivity contribution in [2.45, 2.75) is 27.2 Å². The third kappa shape index (κ3) is 2.88. The molecule has 0 saturated carbocycles. The van der Waals surface area contributed by atoms with Gasteiger partial charge < -0.3 is 5.32 Å². The molecule has 0 unspecified atom stereocenters. The van der Waals surface area contributed by atoms with Crippen molar-refractivity contribution in [3.8, 4) is 0 Å². The van der Waals surface area contributed by atoms with Crippen LogP contribution in [0.2, 0.25) is 0 Å². The number of aryl methyl sites for hydroxylation is 4. The predicted molar refractivity (Wildman–Crippen MR) is 72.4 cm³/mol. The quantitative estimate of drug-likeness (QED) is 0.943. The fourth-order valence-electron chi connectivity index (χ4n) is 2.24. The summed E-state index contributed by atoms with van der Waals surface area (Å²) in [5.74, 6) is -0.767. The first-order valence-electron chi connectivity index (χ1n) is 6.25. The van der Waals surface area contributed by atoms with E-state index in [-0.39, 0.29) is 5.82 Å². The van der Waals surface area contributed by atoms with Crippen LogP contribution in [0, 0.1) is 20.8 Å². The van der Waals surface area contributed by atoms with Crippen molar-refractivity contribution >= 4 is 11.7 Å². The molecule has 0 spiro atoms. The summed E-state index contributed by atoms with van der Waals surface area (Å²) < 4.78 is 26.8. The second-order valence-electron chi connectivity index (χ2n) is 4.74. The van der Waals surface area contributed by atoms with Crippen LogP contribution in [-0.2, 0) is 7.05 Å². The normalized spacial score (nSPS) is 11.0. The van der Waals surface area contributed by atoms with Gasteiger partial charge in [-0.05, 0) is 32.4 Å². The third-order valence-corrected chi connectivity index (χ3v) is 3.06. The van der Waals surface area contributed by atoms with Gasteiger partial charge in [0.05, 0.1) is 11.3 Å². The number of aromatic nitrogens is 4. The number of rotatable bonds is 3. The van der Waals surface area contributed by atoms with Gasteiger partial charge in [0.15, 0.2) is 5.82 Å². The Hall–Kier alpha value is -2.38. The number of halogens is 2. The smallest absolute Gasteiger partial charge is 0.283 e. The van der Waals surface area contributed by atoms with Crippen LogP contribution in [0.25, 0.3) is 0 Å². The number of nitrogens with zero attached hydrogens (tertiary/aromatic N) is 4. The Bertz CT molecular complexity index is 673. The second-order valence-corrected chi connectivity index (χ2v) is 4.74. The number of pyridine rings is 1. The molecule has 1 amide bonds. The van der Waals surface area contributed by atoms with Crippen molar-refractivity contribution in [3.05, 3.63) is 34.3 Å². The molecule has 112 valence electrons. The molecule has 0 aliphatic rings. The standard InChI is InChI=1S/C13H15F2N5O/c1-6-5-7(2)16-8(3)9(6)13(21)17-12-10(11(14)15)20(4)19-18-12/h5,11H,1-4H3,(H,17,21). The summed E-state index contributed by atoms with van der Waals surface area (Å²) in [6.45, 7) is 5.28. The molecule has 0 fully saturated rings. The number of amides is 1. The molecule has 8 heteroatoms. The molecular weight excluding hydrogens is 280 g/mol. The first kappa shape index (κ1) is 15.0. The van der Waals surface area contributed by atoms with Gasteiger partial charge in [-0.3, -0.25) is 9.78 Å². The fourth-order valence-corrected chi connectivity index (χ4v) is 2.24. The summed E-state index contributed by atoms with van der Waals surface area (Å²) in [5.41, 5.74) is 1.96. The highest BCUT2D eigenvalue weighted by Gasteiger charge is 2.23. The molecule has 0 aliphatic carbocycles. The Labute approximate surface area is 120 Å². The summed E-state index contributed by atoms with van der Waals surface area (Å²) in [6, 6.07) is 1.76. The number of nitrogens with one attached hydrogen (secondary N) is 1. The van der Waals surface area contributed by atoms with Crippen molar-refractivity contribution in [1.82, 2.24) is 20.0 Å². The molecule has 2 heterocycles. The number of carbonyl (C=O) groups is 1. The van der Waals surface area contributed by atoms with Crippen LogP contribution in [0.4, 0.5) is 14.6 Å². The predicted octanol–water partition coefficient (Wildman–Crippen LogP) is 2.33. The Morgan fingerprint density at radius 3 is 2.57 bits per heavy atom. The van der Waals surface area contributed by atoms with Gasteiger partial charge in [0.25, 0.3) is 12.3 Å². The molecule has 0 aromatic carbocycles. The molecule has 0 saturated heterocycles. The van der Waals surface area contributed by atoms with Gasteiger partial charge in [0, 0.05) is 12.7 Å². The highest BCUT2D eigenvalue weighted by atomic mass is 19.3. The summed E-state index contributed by atoms with van der Waals surface area (Å²) in [5, 5.41) is 9.44. The summed E-state index contributed by atoms with van der Waals surface area (Å²) in [7, 11) is 1.34. The van der Waals surface area contributed by atoms with Gasteiger partial charge in [-0.1, -0.05) is 5.21 Å². The van der Waals surface area contributed by atoms with Crippen LogP contribution < -0.4 is 5.32 Å². The van der Waals surface area contributed by atoms with Crippen molar-refractivity contribution in [2.24, 2.45) is 7.05 Å². The molecule has 6 nitrogen and oxygen atoms in total. The molecule has 0 aliphatic heterocycles. The summed E-state index contributed by atoms with van der Waals surface area (Å²) in [6.07, 6.45) is -2.78. The zero-order valence-electron chi connectivity index (χ0n) is 12.1. The van der Waals surface area contributed by atoms with E-state index in [1.807, 2.05) is 6.92 Å². The number of carbonyl (C=O) groups excluding carboxylic acids is 1. The van der Waals surface area contributed by atoms with Gasteiger partial charge in [0.1, 0.15) is 5.69 Å². The number of alkyl halides is 2. The van der Waals surface area contributed by atoms with Crippen LogP contribution in [-0.4, -0.2) is 25.9 Å². The molecule has 0 atom stereocenters. The van der Waals surface area contributed by atoms with Gasteiger partial charge in [0.2, 0.25) is 0 Å². The highest BCUT2D eigenvalue weighted by molar-refractivity contribution is 6.05. The molecule has 2 aromatic rings. The van der Waals surface area contributed by atoms with E-state index in [0.717, 1.165) is 15.9 Å². The highest BCUT2D eigenvalue weighted by Crippen LogP contribution is 2.25. The molecule has 2 aromatic heterocycles. The van der Waals surface area contributed by atoms with E-state index in [0.29, 0.717) is 11.3 Å². The van der Waals surface area contributed by atoms with Crippen LogP contribution in [0.1, 0.15) is 39.4 Å². The fraction of sp³-hybridized carbons (Fsp3) is 0.385. The van der Waals surface area contributed by atoms with Crippen molar-refractivity contribution in [2.75, 3.05) is 5.32 Å². The lowest BCUT2D eigenvalue weighted by atomic mass is 10.1. The lowest BCUT2D eigenvalue weighted by Gasteiger charge is -2.10. The van der Waals surface area contributed by atoms with Crippen LogP contribution in [0.15, 0.2) is 6.07 Å². The van der Waals surface area contributed by atoms with E-state index >= 15 is 0 Å². The molecule has 0 radical (unpaired) electrons. The number of hydrogen-bond acceptors (Lipinski definition) is 4. The van der Waals surface area contributed by atoms with E-state index in [1.165, 1.54) is 7.05 Å². The Balaban J connectivity index is 2.36. The van der Waals surface area contributed by atoms with Crippen LogP contribution >= 0.6 is 0 Å². The SMILES string of the molecule is Cc1cc(C)c(C(=O)Nc2nnn(C)c2C(F)F)c(C)n1. The van der Waals surface area contributed by atoms with E-state index in [9.17, 15) is 13.6 Å². The molecule has 21 heavy (non-hydrogen) atoms. The van der Waals surface area contributed by atoms with E-state index in [4.69, 9.17) is 0 Å². The van der Waals surface area contributed by atoms with Gasteiger partial charge in [-0.2, -0.15) is 0 Å². The zero-order chi connectivity index (χ0) is 15.7. The minimum absolute atomic E-state index is 0.239. The molecule has 0 bridgehead atoms. The van der Waals surface area contributed by atoms with Gasteiger partial charge >= 0.3 is 0 Å². The summed E-state index contributed by atoms with van der Waals surface area (Å²) >= 11 is 0. The molecular formula is C13H15F2N5O. The first-order valence-corrected chi connectivity index (χ1v) is 6.25. The zero-order valence-corrected chi connectivity index (χ0v) is 12.1. The lowest BCUT2D eigenvalue weighted by molar-refractivity contribution is 0.102. The van der Waals surface area contributed by atoms with Gasteiger partial charge in [-0.25, -0.2) is 13.5 Å². The average molecular weight is 295 g/mol. The lowest BCUT2D eigenvalue weighted by Crippen LogP contribution is -2.17. The largest absolute Gasteiger partial charge is 0.303 e. The van der Waals surface area contributed by atoms with Crippen molar-refractivity contribution in [1.29, 1.82) is 0 Å². The monoisotopic (exact) mass is 295 g/mol. The molecule has 2 rings (SSSR count). The number of anilines is 1. The van der Waals surface area contributed by atoms with Gasteiger partial charge in [-0.15, -0.1) is 5.10 Å². The van der Waals surface area contributed by atoms with Crippen molar-refractivity contribution < 1.29 is 13.6 Å². The minimum Gasteiger partial charge on any atom is -0.303 e. The van der Waals surface area contributed by atoms with Crippen LogP contribution in [0.3, 0.4) is 0 Å². The maximum absolute atomic E-state index is 12.9. The first-order chi connectivity index (χ1) is 9.81. The van der Waals surface area contributed by atoms with E-state index in [1.54, 1.807) is 19.9 Å². The van der Waals surface area contributed by atoms with E-state index < -0.39 is 18.0 Å². The van der Waals surface area contributed by atoms with Crippen molar-refractivity contribution in [3.63, 3.8) is 0 Å². The minimum atomic E-state index is -2.78. The second kappa shape index (κ2) is 5.55. The van der Waals surface area contributed by atoms with E-state index in [2.05, 4.69) is 20.6 Å². The average Bonchev–Trinajstić information content (AvgIpc) is 2.68. The Morgan fingerprint density at radius 2 is 2.00 bits per heavy atom. The maximum atomic E-state index is 12.9.